The maximum atomic E-state index is 14.6. The van der Waals surface area contributed by atoms with E-state index in [4.69, 9.17) is 45.2 Å². The first-order valence-corrected chi connectivity index (χ1v) is 35.5. The number of benzene rings is 2. The number of aliphatic hydroxyl groups excluding tert-OH is 1. The molecule has 0 aromatic heterocycles. The Bertz CT molecular complexity index is 3310. The van der Waals surface area contributed by atoms with Crippen LogP contribution in [-0.4, -0.2) is 214 Å². The number of amides is 14. The van der Waals surface area contributed by atoms with Crippen LogP contribution in [0, 0.1) is 11.8 Å². The Kier molecular flexibility index (Phi) is 39.0. The Hall–Kier alpha value is -10.0. The fourth-order valence-corrected chi connectivity index (χ4v) is 11.5. The topological polar surface area (TPSA) is 615 Å². The molecular weight excluding hydrogens is 1390 g/mol. The van der Waals surface area contributed by atoms with Gasteiger partial charge in [-0.1, -0.05) is 88.4 Å². The van der Waals surface area contributed by atoms with Crippen LogP contribution in [0.4, 0.5) is 0 Å². The molecule has 0 unspecified atom stereocenters. The molecule has 37 heteroatoms. The Balaban J connectivity index is 1.91. The van der Waals surface area contributed by atoms with Crippen molar-refractivity contribution in [2.45, 2.75) is 216 Å². The minimum atomic E-state index is -1.93. The Morgan fingerprint density at radius 1 is 0.514 bits per heavy atom. The highest BCUT2D eigenvalue weighted by atomic mass is 32.1. The van der Waals surface area contributed by atoms with Gasteiger partial charge in [-0.15, -0.1) is 0 Å². The van der Waals surface area contributed by atoms with Crippen molar-refractivity contribution < 1.29 is 82.1 Å². The minimum Gasteiger partial charge on any atom is -0.481 e. The van der Waals surface area contributed by atoms with E-state index in [0.717, 1.165) is 6.92 Å². The van der Waals surface area contributed by atoms with Gasteiger partial charge in [0.15, 0.2) is 5.96 Å². The summed E-state index contributed by atoms with van der Waals surface area (Å²) in [4.78, 5) is 210. The van der Waals surface area contributed by atoms with Crippen LogP contribution in [0.1, 0.15) is 136 Å². The third-order valence-corrected chi connectivity index (χ3v) is 17.1. The molecule has 14 amide bonds. The maximum Gasteiger partial charge on any atom is 0.303 e. The maximum absolute atomic E-state index is 14.6. The zero-order chi connectivity index (χ0) is 78.6. The molecular formula is C68H107N19O17S. The number of aliphatic hydroxyl groups is 1. The predicted molar refractivity (Wildman–Crippen MR) is 388 cm³/mol. The van der Waals surface area contributed by atoms with Crippen LogP contribution >= 0.6 is 12.6 Å². The van der Waals surface area contributed by atoms with E-state index in [2.05, 4.69) is 70.8 Å². The smallest absolute Gasteiger partial charge is 0.303 e. The second-order valence-electron chi connectivity index (χ2n) is 26.6. The van der Waals surface area contributed by atoms with Crippen molar-refractivity contribution in [2.24, 2.45) is 57.0 Å². The average molecular weight is 1490 g/mol. The van der Waals surface area contributed by atoms with Gasteiger partial charge in [0, 0.05) is 44.5 Å². The molecule has 1 aliphatic heterocycles. The monoisotopic (exact) mass is 1490 g/mol. The molecule has 3 rings (SSSR count). The lowest BCUT2D eigenvalue weighted by Gasteiger charge is -2.31. The van der Waals surface area contributed by atoms with Gasteiger partial charge in [-0.25, -0.2) is 0 Å². The highest BCUT2D eigenvalue weighted by Gasteiger charge is 2.41. The number of carbonyl (C=O) groups excluding carboxylic acids is 14. The Morgan fingerprint density at radius 2 is 0.971 bits per heavy atom. The molecule has 1 fully saturated rings. The van der Waals surface area contributed by atoms with Crippen molar-refractivity contribution in [3.63, 3.8) is 0 Å². The van der Waals surface area contributed by atoms with Crippen molar-refractivity contribution in [3.05, 3.63) is 71.8 Å². The number of nitrogens with two attached hydrogens (primary N) is 7. The summed E-state index contributed by atoms with van der Waals surface area (Å²) in [6.45, 7) is 8.50. The summed E-state index contributed by atoms with van der Waals surface area (Å²) in [7, 11) is 0. The second kappa shape index (κ2) is 46.0. The predicted octanol–water partition coefficient (Wildman–Crippen LogP) is -5.29. The van der Waals surface area contributed by atoms with Gasteiger partial charge in [0.25, 0.3) is 0 Å². The summed E-state index contributed by atoms with van der Waals surface area (Å²) in [6, 6.07) is -1.15. The van der Waals surface area contributed by atoms with Crippen LogP contribution in [0.2, 0.25) is 0 Å². The fourth-order valence-electron chi connectivity index (χ4n) is 11.2. The van der Waals surface area contributed by atoms with Crippen molar-refractivity contribution in [1.82, 2.24) is 58.1 Å². The molecule has 1 saturated heterocycles. The number of thiol groups is 1. The van der Waals surface area contributed by atoms with E-state index in [1.807, 2.05) is 0 Å². The van der Waals surface area contributed by atoms with Gasteiger partial charge in [-0.05, 0) is 107 Å². The normalized spacial score (nSPS) is 16.0. The molecule has 0 saturated carbocycles. The Morgan fingerprint density at radius 3 is 1.47 bits per heavy atom. The number of carboxylic acid groups (broad SMARTS) is 1. The molecule has 13 atom stereocenters. The molecule has 2 aromatic carbocycles. The van der Waals surface area contributed by atoms with Gasteiger partial charge >= 0.3 is 5.97 Å². The molecule has 26 N–H and O–H groups in total. The average Bonchev–Trinajstić information content (AvgIpc) is 1.73. The molecule has 0 radical (unpaired) electrons. The quantitative estimate of drug-likeness (QED) is 0.0127. The molecule has 1 aliphatic rings. The van der Waals surface area contributed by atoms with E-state index in [0.29, 0.717) is 30.4 Å². The number of likely N-dealkylation sites (tertiary alicyclic amines) is 1. The number of hydrogen-bond acceptors (Lipinski definition) is 20. The molecule has 0 bridgehead atoms. The lowest BCUT2D eigenvalue weighted by atomic mass is 10.0. The lowest BCUT2D eigenvalue weighted by molar-refractivity contribution is -0.142. The molecule has 0 spiro atoms. The molecule has 1 heterocycles. The zero-order valence-electron chi connectivity index (χ0n) is 60.0. The highest BCUT2D eigenvalue weighted by Crippen LogP contribution is 2.22. The summed E-state index contributed by atoms with van der Waals surface area (Å²) < 4.78 is 0. The number of aliphatic imine (C=N–C) groups is 1. The number of carbonyl (C=O) groups is 15. The van der Waals surface area contributed by atoms with E-state index in [1.54, 1.807) is 88.4 Å². The number of nitrogens with one attached hydrogen (secondary N) is 10. The minimum absolute atomic E-state index is 0.0381. The van der Waals surface area contributed by atoms with Crippen LogP contribution in [-0.2, 0) is 84.8 Å². The van der Waals surface area contributed by atoms with Crippen molar-refractivity contribution in [2.75, 3.05) is 25.4 Å². The van der Waals surface area contributed by atoms with Crippen LogP contribution in [0.5, 0.6) is 0 Å². The van der Waals surface area contributed by atoms with Gasteiger partial charge in [0.1, 0.15) is 66.5 Å². The first kappa shape index (κ1) is 89.2. The second-order valence-corrected chi connectivity index (χ2v) is 27.0. The summed E-state index contributed by atoms with van der Waals surface area (Å²) >= 11 is 4.30. The van der Waals surface area contributed by atoms with Gasteiger partial charge in [0.2, 0.25) is 82.7 Å². The number of hydrogen-bond donors (Lipinski definition) is 20. The van der Waals surface area contributed by atoms with Crippen LogP contribution in [0.25, 0.3) is 0 Å². The van der Waals surface area contributed by atoms with Crippen LogP contribution in [0.15, 0.2) is 65.7 Å². The van der Waals surface area contributed by atoms with Crippen molar-refractivity contribution in [3.8, 4) is 0 Å². The number of aliphatic carboxylic acids is 1. The third kappa shape index (κ3) is 32.7. The molecule has 0 aliphatic carbocycles. The van der Waals surface area contributed by atoms with Crippen LogP contribution in [0.3, 0.4) is 0 Å². The van der Waals surface area contributed by atoms with E-state index in [1.165, 1.54) is 4.90 Å². The Labute approximate surface area is 615 Å². The van der Waals surface area contributed by atoms with Gasteiger partial charge < -0.3 is 108 Å². The first-order valence-electron chi connectivity index (χ1n) is 34.9. The van der Waals surface area contributed by atoms with Gasteiger partial charge in [-0.3, -0.25) is 76.9 Å². The van der Waals surface area contributed by atoms with Gasteiger partial charge in [0.05, 0.1) is 18.6 Å². The summed E-state index contributed by atoms with van der Waals surface area (Å²) in [6.07, 6.45) is -3.14. The largest absolute Gasteiger partial charge is 0.481 e. The number of nitrogens with zero attached hydrogens (tertiary/aromatic N) is 2. The highest BCUT2D eigenvalue weighted by molar-refractivity contribution is 7.80. The van der Waals surface area contributed by atoms with E-state index < -0.39 is 193 Å². The lowest BCUT2D eigenvalue weighted by Crippen LogP contribution is -2.62. The fraction of sp³-hybridized carbons (Fsp3) is 0.588. The standard InChI is InChI=1S/C68H107N19O17S/c1-36(2)30-45(83-65(102)51-22-15-29-87(51)67(104)44(20-12-13-27-69)79-57(94)41(70)23-26-54(91)92)59(96)78-43(24-25-52(71)89)58(95)82-49(34-53(72)90)62(99)80-48(33-40-18-10-7-11-19-40)63(100)86-55(38(5)88)66(103)84-46(31-37(3)4)60(97)85-50(35-105)64(101)81-47(32-39-16-8-6-9-17-39)61(98)77-42(56(73)93)21-14-28-76-68(74)75/h6-11,16-19,36-38,41-51,55,88,105H,12-15,20-35,69-70H2,1-5H3,(H2,71,89)(H2,72,90)(H2,73,93)(H,77,98)(H,78,96)(H,79,94)(H,80,99)(H,81,101)(H,82,95)(H,83,102)(H,84,103)(H,85,97)(H,86,100)(H,91,92)(H4,74,75,76)/t38-,41+,42+,43+,44+,45+,46+,47+,48+,49+,50+,51+,55+/m1/s1. The van der Waals surface area contributed by atoms with Gasteiger partial charge in [-0.2, -0.15) is 12.6 Å². The van der Waals surface area contributed by atoms with E-state index >= 15 is 0 Å². The SMILES string of the molecule is CC(C)C[C@H](NC(=O)[C@@H](NC(=O)[C@H](Cc1ccccc1)NC(=O)[C@H](CC(N)=O)NC(=O)[C@H](CCC(N)=O)NC(=O)[C@H](CC(C)C)NC(=O)[C@@H]1CCCN1C(=O)[C@H](CCCCN)NC(=O)[C@@H](N)CCC(=O)O)[C@@H](C)O)C(=O)N[C@@H](CS)C(=O)N[C@@H](Cc1ccccc1)C(=O)N[C@@H](CCCN=C(N)N)C(N)=O. The number of unbranched alkanes of at least 4 members (excludes halogenated alkanes) is 1. The molecule has 582 valence electrons. The van der Waals surface area contributed by atoms with E-state index in [-0.39, 0.29) is 101 Å². The number of guanidine groups is 1. The summed E-state index contributed by atoms with van der Waals surface area (Å²) in [5, 5.41) is 45.5. The number of carboxylic acids is 1. The summed E-state index contributed by atoms with van der Waals surface area (Å²) in [5.74, 6) is -15.7. The molecule has 105 heavy (non-hydrogen) atoms. The molecule has 2 aromatic rings. The summed E-state index contributed by atoms with van der Waals surface area (Å²) in [5.41, 5.74) is 40.2. The number of primary amides is 3. The molecule has 36 nitrogen and oxygen atoms in total. The number of rotatable bonds is 48. The van der Waals surface area contributed by atoms with Crippen molar-refractivity contribution in [1.29, 1.82) is 0 Å². The van der Waals surface area contributed by atoms with Crippen LogP contribution < -0.4 is 93.3 Å². The van der Waals surface area contributed by atoms with E-state index in [9.17, 15) is 77.0 Å². The first-order chi connectivity index (χ1) is 49.5. The third-order valence-electron chi connectivity index (χ3n) is 16.8. The van der Waals surface area contributed by atoms with Crippen molar-refractivity contribution >= 4 is 107 Å². The zero-order valence-corrected chi connectivity index (χ0v) is 60.9.